The van der Waals surface area contributed by atoms with Gasteiger partial charge < -0.3 is 0 Å². The Labute approximate surface area is 216 Å². The maximum absolute atomic E-state index is 12.7. The molecule has 0 aliphatic heterocycles. The Hall–Kier alpha value is -2.58. The molecule has 9 nitrogen and oxygen atoms in total. The first-order valence-electron chi connectivity index (χ1n) is 10.6. The van der Waals surface area contributed by atoms with E-state index in [1.807, 2.05) is 36.4 Å². The molecule has 13 heteroatoms. The van der Waals surface area contributed by atoms with Crippen LogP contribution in [0.2, 0.25) is 0 Å². The third kappa shape index (κ3) is 6.76. The van der Waals surface area contributed by atoms with Crippen molar-refractivity contribution < 1.29 is 8.42 Å². The topological polar surface area (TPSA) is 115 Å². The molecule has 0 radical (unpaired) electrons. The van der Waals surface area contributed by atoms with Crippen molar-refractivity contribution in [2.75, 3.05) is 13.1 Å². The molecule has 4 aromatic rings. The second-order valence-electron chi connectivity index (χ2n) is 6.75. The summed E-state index contributed by atoms with van der Waals surface area (Å²) in [6, 6.07) is 14.4. The van der Waals surface area contributed by atoms with Crippen molar-refractivity contribution in [1.82, 2.24) is 34.2 Å². The van der Waals surface area contributed by atoms with Crippen LogP contribution in [0, 0.1) is 0 Å². The summed E-state index contributed by atoms with van der Waals surface area (Å²) in [4.78, 5) is 26.8. The van der Waals surface area contributed by atoms with Crippen molar-refractivity contribution in [1.29, 1.82) is 0 Å². The lowest BCUT2D eigenvalue weighted by atomic mass is 10.5. The first-order chi connectivity index (χ1) is 17.0. The summed E-state index contributed by atoms with van der Waals surface area (Å²) in [6.07, 6.45) is 4.78. The van der Waals surface area contributed by atoms with Gasteiger partial charge in [0, 0.05) is 31.7 Å². The predicted octanol–water partition coefficient (Wildman–Crippen LogP) is 4.54. The minimum atomic E-state index is -3.57. The van der Waals surface area contributed by atoms with E-state index in [4.69, 9.17) is 0 Å². The van der Waals surface area contributed by atoms with E-state index in [9.17, 15) is 8.42 Å². The Morgan fingerprint density at radius 3 is 1.54 bits per heavy atom. The molecule has 35 heavy (non-hydrogen) atoms. The molecule has 0 fully saturated rings. The highest BCUT2D eigenvalue weighted by Crippen LogP contribution is 2.31. The Bertz CT molecular complexity index is 1300. The lowest BCUT2D eigenvalue weighted by Gasteiger charge is -2.18. The van der Waals surface area contributed by atoms with E-state index < -0.39 is 10.0 Å². The third-order valence-corrected chi connectivity index (χ3v) is 8.97. The summed E-state index contributed by atoms with van der Waals surface area (Å²) in [5.74, 6) is 0. The van der Waals surface area contributed by atoms with Crippen LogP contribution < -0.4 is 0 Å². The van der Waals surface area contributed by atoms with Gasteiger partial charge in [-0.3, -0.25) is 0 Å². The molecule has 0 unspecified atom stereocenters. The fourth-order valence-corrected chi connectivity index (χ4v) is 6.54. The summed E-state index contributed by atoms with van der Waals surface area (Å²) >= 11 is 3.88. The van der Waals surface area contributed by atoms with Crippen LogP contribution in [0.3, 0.4) is 0 Å². The number of sulfonamides is 1. The van der Waals surface area contributed by atoms with Crippen LogP contribution in [0.25, 0.3) is 0 Å². The van der Waals surface area contributed by atoms with E-state index >= 15 is 0 Å². The highest BCUT2D eigenvalue weighted by atomic mass is 32.2. The zero-order valence-electron chi connectivity index (χ0n) is 18.8. The molecule has 0 amide bonds. The lowest BCUT2D eigenvalue weighted by molar-refractivity contribution is 0.445. The molecular formula is C22H21N7O2S4. The average Bonchev–Trinajstić information content (AvgIpc) is 2.86. The van der Waals surface area contributed by atoms with Crippen molar-refractivity contribution in [2.45, 2.75) is 49.3 Å². The molecule has 4 heterocycles. The molecule has 4 rings (SSSR count). The first-order valence-corrected chi connectivity index (χ1v) is 14.4. The van der Waals surface area contributed by atoms with E-state index in [1.54, 1.807) is 38.4 Å². The number of rotatable bonds is 10. The maximum atomic E-state index is 12.7. The van der Waals surface area contributed by atoms with E-state index in [-0.39, 0.29) is 4.90 Å². The number of pyridine rings is 3. The van der Waals surface area contributed by atoms with Crippen LogP contribution in [0.15, 0.2) is 103 Å². The average molecular weight is 544 g/mol. The number of hydrogen-bond donors (Lipinski definition) is 0. The van der Waals surface area contributed by atoms with E-state index in [2.05, 4.69) is 29.9 Å². The highest BCUT2D eigenvalue weighted by Gasteiger charge is 2.22. The maximum Gasteiger partial charge on any atom is 0.244 e. The molecule has 0 bridgehead atoms. The van der Waals surface area contributed by atoms with Gasteiger partial charge in [-0.15, -0.1) is 0 Å². The first kappa shape index (κ1) is 25.5. The smallest absolute Gasteiger partial charge is 0.244 e. The molecule has 0 saturated heterocycles. The normalized spacial score (nSPS) is 11.6. The van der Waals surface area contributed by atoms with Crippen LogP contribution in [0.1, 0.15) is 13.8 Å². The van der Waals surface area contributed by atoms with Crippen LogP contribution >= 0.6 is 35.3 Å². The largest absolute Gasteiger partial charge is 0.249 e. The monoisotopic (exact) mass is 543 g/mol. The molecule has 0 saturated carbocycles. The van der Waals surface area contributed by atoms with Gasteiger partial charge in [-0.05, 0) is 71.7 Å². The number of hydrogen-bond acceptors (Lipinski definition) is 11. The summed E-state index contributed by atoms with van der Waals surface area (Å²) in [7, 11) is -3.57. The van der Waals surface area contributed by atoms with Crippen LogP contribution in [0.4, 0.5) is 0 Å². The van der Waals surface area contributed by atoms with Gasteiger partial charge >= 0.3 is 0 Å². The number of aromatic nitrogens is 6. The van der Waals surface area contributed by atoms with Gasteiger partial charge in [-0.2, -0.15) is 19.3 Å². The lowest BCUT2D eigenvalue weighted by Crippen LogP contribution is -2.30. The quantitative estimate of drug-likeness (QED) is 0.281. The summed E-state index contributed by atoms with van der Waals surface area (Å²) in [6.45, 7) is 4.41. The standard InChI is InChI=1S/C22H21N7O2S4/c1-3-29(4-2)35(30,31)16-11-12-19(25-15-16)34-22-27-20(32-17-9-5-7-13-23-17)26-21(28-22)33-18-10-6-8-14-24-18/h5-15H,3-4H2,1-2H3. The zero-order chi connectivity index (χ0) is 24.7. The fraction of sp³-hybridized carbons (Fsp3) is 0.182. The van der Waals surface area contributed by atoms with Crippen LogP contribution in [0.5, 0.6) is 0 Å². The van der Waals surface area contributed by atoms with E-state index in [0.717, 1.165) is 10.1 Å². The summed E-state index contributed by atoms with van der Waals surface area (Å²) in [5.41, 5.74) is 0. The van der Waals surface area contributed by atoms with Gasteiger partial charge in [0.2, 0.25) is 10.0 Å². The van der Waals surface area contributed by atoms with Crippen molar-refractivity contribution in [3.8, 4) is 0 Å². The van der Waals surface area contributed by atoms with Gasteiger partial charge in [0.15, 0.2) is 15.5 Å². The molecule has 0 spiro atoms. The Morgan fingerprint density at radius 2 is 1.17 bits per heavy atom. The Kier molecular flexibility index (Phi) is 8.68. The third-order valence-electron chi connectivity index (χ3n) is 4.49. The second kappa shape index (κ2) is 11.9. The van der Waals surface area contributed by atoms with Crippen LogP contribution in [-0.2, 0) is 10.0 Å². The molecule has 0 aliphatic rings. The molecule has 0 aliphatic carbocycles. The van der Waals surface area contributed by atoms with E-state index in [0.29, 0.717) is 33.6 Å². The van der Waals surface area contributed by atoms with Gasteiger partial charge in [-0.25, -0.2) is 23.4 Å². The van der Waals surface area contributed by atoms with E-state index in [1.165, 1.54) is 45.8 Å². The minimum absolute atomic E-state index is 0.152. The molecular weight excluding hydrogens is 523 g/mol. The van der Waals surface area contributed by atoms with Crippen molar-refractivity contribution in [3.63, 3.8) is 0 Å². The van der Waals surface area contributed by atoms with Crippen molar-refractivity contribution >= 4 is 45.3 Å². The Balaban J connectivity index is 1.60. The molecule has 0 atom stereocenters. The number of nitrogens with zero attached hydrogens (tertiary/aromatic N) is 7. The fourth-order valence-electron chi connectivity index (χ4n) is 2.85. The van der Waals surface area contributed by atoms with Gasteiger partial charge in [0.05, 0.1) is 0 Å². The van der Waals surface area contributed by atoms with Gasteiger partial charge in [-0.1, -0.05) is 26.0 Å². The van der Waals surface area contributed by atoms with Gasteiger partial charge in [0.1, 0.15) is 20.0 Å². The molecule has 180 valence electrons. The van der Waals surface area contributed by atoms with Gasteiger partial charge in [0.25, 0.3) is 0 Å². The molecule has 0 aromatic carbocycles. The predicted molar refractivity (Wildman–Crippen MR) is 135 cm³/mol. The second-order valence-corrected chi connectivity index (χ2v) is 11.6. The summed E-state index contributed by atoms with van der Waals surface area (Å²) < 4.78 is 26.9. The Morgan fingerprint density at radius 1 is 0.686 bits per heavy atom. The zero-order valence-corrected chi connectivity index (χ0v) is 22.1. The SMILES string of the molecule is CCN(CC)S(=O)(=O)c1ccc(Sc2nc(Sc3ccccn3)nc(Sc3ccccn3)n2)nc1. The highest BCUT2D eigenvalue weighted by molar-refractivity contribution is 8.00. The minimum Gasteiger partial charge on any atom is -0.249 e. The summed E-state index contributed by atoms with van der Waals surface area (Å²) in [5, 5.41) is 3.49. The molecule has 4 aromatic heterocycles. The molecule has 0 N–H and O–H groups in total. The van der Waals surface area contributed by atoms with Crippen molar-refractivity contribution in [2.24, 2.45) is 0 Å². The van der Waals surface area contributed by atoms with Crippen LogP contribution in [-0.4, -0.2) is 55.7 Å². The van der Waals surface area contributed by atoms with Crippen molar-refractivity contribution in [3.05, 3.63) is 67.1 Å².